The first-order chi connectivity index (χ1) is 10.1. The molecule has 0 saturated heterocycles. The monoisotopic (exact) mass is 303 g/mol. The Morgan fingerprint density at radius 1 is 1.19 bits per heavy atom. The van der Waals surface area contributed by atoms with Crippen molar-refractivity contribution in [1.29, 1.82) is 0 Å². The van der Waals surface area contributed by atoms with Gasteiger partial charge in [0, 0.05) is 11.1 Å². The van der Waals surface area contributed by atoms with Gasteiger partial charge in [-0.3, -0.25) is 0 Å². The van der Waals surface area contributed by atoms with Crippen LogP contribution in [0.4, 0.5) is 0 Å². The molecule has 0 aliphatic rings. The Hall–Kier alpha value is -1.45. The quantitative estimate of drug-likeness (QED) is 0.875. The minimum atomic E-state index is 0.207. The first kappa shape index (κ1) is 15.9. The van der Waals surface area contributed by atoms with Gasteiger partial charge in [-0.25, -0.2) is 0 Å². The van der Waals surface area contributed by atoms with Gasteiger partial charge < -0.3 is 5.32 Å². The van der Waals surface area contributed by atoms with E-state index in [-0.39, 0.29) is 6.04 Å². The number of hydrogen-bond acceptors (Lipinski definition) is 3. The van der Waals surface area contributed by atoms with Crippen molar-refractivity contribution in [1.82, 2.24) is 15.5 Å². The summed E-state index contributed by atoms with van der Waals surface area (Å²) < 4.78 is 0. The second kappa shape index (κ2) is 7.53. The molecule has 2 rings (SSSR count). The van der Waals surface area contributed by atoms with Crippen LogP contribution in [0.3, 0.4) is 0 Å². The SMILES string of the molecule is CCCNC(Cc1ccccc1Cl)c1cc(C)nnc1C. The molecule has 1 N–H and O–H groups in total. The smallest absolute Gasteiger partial charge is 0.0648 e. The second-order valence-electron chi connectivity index (χ2n) is 5.33. The summed E-state index contributed by atoms with van der Waals surface area (Å²) in [7, 11) is 0. The molecule has 3 nitrogen and oxygen atoms in total. The van der Waals surface area contributed by atoms with E-state index in [1.165, 1.54) is 5.56 Å². The van der Waals surface area contributed by atoms with Gasteiger partial charge in [-0.2, -0.15) is 10.2 Å². The molecule has 0 saturated carbocycles. The molecule has 0 amide bonds. The molecule has 0 spiro atoms. The summed E-state index contributed by atoms with van der Waals surface area (Å²) in [6.45, 7) is 7.12. The van der Waals surface area contributed by atoms with Crippen LogP contribution in [-0.4, -0.2) is 16.7 Å². The molecule has 1 aromatic heterocycles. The predicted octanol–water partition coefficient (Wildman–Crippen LogP) is 4.03. The van der Waals surface area contributed by atoms with Crippen LogP contribution in [0.5, 0.6) is 0 Å². The van der Waals surface area contributed by atoms with Crippen LogP contribution in [0.15, 0.2) is 30.3 Å². The van der Waals surface area contributed by atoms with Gasteiger partial charge in [-0.05, 0) is 56.5 Å². The lowest BCUT2D eigenvalue weighted by Crippen LogP contribution is -2.25. The normalized spacial score (nSPS) is 12.4. The highest BCUT2D eigenvalue weighted by molar-refractivity contribution is 6.31. The van der Waals surface area contributed by atoms with Crippen LogP contribution in [0.1, 0.15) is 41.9 Å². The molecule has 21 heavy (non-hydrogen) atoms. The van der Waals surface area contributed by atoms with Crippen molar-refractivity contribution in [3.63, 3.8) is 0 Å². The maximum Gasteiger partial charge on any atom is 0.0648 e. The van der Waals surface area contributed by atoms with E-state index in [2.05, 4.69) is 34.6 Å². The van der Waals surface area contributed by atoms with Crippen molar-refractivity contribution in [2.75, 3.05) is 6.54 Å². The molecule has 1 aromatic carbocycles. The lowest BCUT2D eigenvalue weighted by Gasteiger charge is -2.21. The van der Waals surface area contributed by atoms with E-state index in [4.69, 9.17) is 11.6 Å². The van der Waals surface area contributed by atoms with Gasteiger partial charge in [0.05, 0.1) is 11.4 Å². The van der Waals surface area contributed by atoms with E-state index in [0.29, 0.717) is 0 Å². The Morgan fingerprint density at radius 3 is 2.67 bits per heavy atom. The van der Waals surface area contributed by atoms with Gasteiger partial charge >= 0.3 is 0 Å². The molecule has 1 unspecified atom stereocenters. The fourth-order valence-electron chi connectivity index (χ4n) is 2.42. The molecular formula is C17H22ClN3. The van der Waals surface area contributed by atoms with Crippen LogP contribution < -0.4 is 5.32 Å². The zero-order valence-electron chi connectivity index (χ0n) is 12.9. The van der Waals surface area contributed by atoms with Crippen molar-refractivity contribution in [2.45, 2.75) is 39.7 Å². The van der Waals surface area contributed by atoms with Gasteiger partial charge in [-0.1, -0.05) is 36.7 Å². The lowest BCUT2D eigenvalue weighted by molar-refractivity contribution is 0.523. The van der Waals surface area contributed by atoms with E-state index in [0.717, 1.165) is 41.4 Å². The van der Waals surface area contributed by atoms with Gasteiger partial charge in [0.15, 0.2) is 0 Å². The maximum atomic E-state index is 6.31. The average molecular weight is 304 g/mol. The van der Waals surface area contributed by atoms with Gasteiger partial charge in [0.1, 0.15) is 0 Å². The third kappa shape index (κ3) is 4.26. The van der Waals surface area contributed by atoms with Crippen molar-refractivity contribution in [3.05, 3.63) is 57.9 Å². The van der Waals surface area contributed by atoms with E-state index in [1.807, 2.05) is 32.0 Å². The zero-order valence-corrected chi connectivity index (χ0v) is 13.6. The van der Waals surface area contributed by atoms with Gasteiger partial charge in [0.2, 0.25) is 0 Å². The third-order valence-corrected chi connectivity index (χ3v) is 3.91. The molecule has 112 valence electrons. The first-order valence-corrected chi connectivity index (χ1v) is 7.77. The molecular weight excluding hydrogens is 282 g/mol. The van der Waals surface area contributed by atoms with Crippen molar-refractivity contribution in [3.8, 4) is 0 Å². The molecule has 0 aliphatic heterocycles. The predicted molar refractivity (Wildman–Crippen MR) is 87.7 cm³/mol. The number of benzene rings is 1. The Bertz CT molecular complexity index is 598. The summed E-state index contributed by atoms with van der Waals surface area (Å²) in [4.78, 5) is 0. The fourth-order valence-corrected chi connectivity index (χ4v) is 2.63. The minimum absolute atomic E-state index is 0.207. The van der Waals surface area contributed by atoms with E-state index < -0.39 is 0 Å². The number of aryl methyl sites for hydroxylation is 2. The van der Waals surface area contributed by atoms with Crippen molar-refractivity contribution in [2.24, 2.45) is 0 Å². The largest absolute Gasteiger partial charge is 0.310 e. The topological polar surface area (TPSA) is 37.8 Å². The molecule has 0 fully saturated rings. The summed E-state index contributed by atoms with van der Waals surface area (Å²) in [6, 6.07) is 10.3. The summed E-state index contributed by atoms with van der Waals surface area (Å²) in [5.41, 5.74) is 4.27. The Morgan fingerprint density at radius 2 is 1.95 bits per heavy atom. The minimum Gasteiger partial charge on any atom is -0.310 e. The molecule has 1 atom stereocenters. The molecule has 2 aromatic rings. The molecule has 0 bridgehead atoms. The number of nitrogens with zero attached hydrogens (tertiary/aromatic N) is 2. The molecule has 0 aliphatic carbocycles. The summed E-state index contributed by atoms with van der Waals surface area (Å²) in [5, 5.41) is 12.8. The number of nitrogens with one attached hydrogen (secondary N) is 1. The average Bonchev–Trinajstić information content (AvgIpc) is 2.48. The summed E-state index contributed by atoms with van der Waals surface area (Å²) in [5.74, 6) is 0. The lowest BCUT2D eigenvalue weighted by atomic mass is 9.97. The molecule has 4 heteroatoms. The fraction of sp³-hybridized carbons (Fsp3) is 0.412. The number of halogens is 1. The first-order valence-electron chi connectivity index (χ1n) is 7.39. The van der Waals surface area contributed by atoms with Crippen LogP contribution in [0.2, 0.25) is 5.02 Å². The van der Waals surface area contributed by atoms with E-state index in [1.54, 1.807) is 0 Å². The standard InChI is InChI=1S/C17H22ClN3/c1-4-9-19-17(11-14-7-5-6-8-16(14)18)15-10-12(2)20-21-13(15)3/h5-8,10,17,19H,4,9,11H2,1-3H3. The van der Waals surface area contributed by atoms with Crippen LogP contribution in [0, 0.1) is 13.8 Å². The highest BCUT2D eigenvalue weighted by atomic mass is 35.5. The number of aromatic nitrogens is 2. The Labute approximate surface area is 131 Å². The van der Waals surface area contributed by atoms with Crippen molar-refractivity contribution >= 4 is 11.6 Å². The highest BCUT2D eigenvalue weighted by Crippen LogP contribution is 2.25. The van der Waals surface area contributed by atoms with Gasteiger partial charge in [0.25, 0.3) is 0 Å². The van der Waals surface area contributed by atoms with Crippen LogP contribution >= 0.6 is 11.6 Å². The maximum absolute atomic E-state index is 6.31. The Balaban J connectivity index is 2.30. The summed E-state index contributed by atoms with van der Waals surface area (Å²) in [6.07, 6.45) is 1.95. The number of hydrogen-bond donors (Lipinski definition) is 1. The van der Waals surface area contributed by atoms with Crippen molar-refractivity contribution < 1.29 is 0 Å². The van der Waals surface area contributed by atoms with E-state index >= 15 is 0 Å². The third-order valence-electron chi connectivity index (χ3n) is 3.54. The molecule has 0 radical (unpaired) electrons. The second-order valence-corrected chi connectivity index (χ2v) is 5.74. The van der Waals surface area contributed by atoms with Crippen LogP contribution in [0.25, 0.3) is 0 Å². The zero-order chi connectivity index (χ0) is 15.2. The summed E-state index contributed by atoms with van der Waals surface area (Å²) >= 11 is 6.31. The molecule has 1 heterocycles. The highest BCUT2D eigenvalue weighted by Gasteiger charge is 2.16. The number of rotatable bonds is 6. The Kier molecular flexibility index (Phi) is 5.71. The van der Waals surface area contributed by atoms with Gasteiger partial charge in [-0.15, -0.1) is 0 Å². The van der Waals surface area contributed by atoms with Crippen LogP contribution in [-0.2, 0) is 6.42 Å². The van der Waals surface area contributed by atoms with E-state index in [9.17, 15) is 0 Å².